The van der Waals surface area contributed by atoms with Crippen LogP contribution in [0.5, 0.6) is 0 Å². The van der Waals surface area contributed by atoms with Gasteiger partial charge in [0.15, 0.2) is 12.6 Å². The highest BCUT2D eigenvalue weighted by atomic mass is 16.7. The first kappa shape index (κ1) is 93.0. The van der Waals surface area contributed by atoms with Crippen molar-refractivity contribution < 1.29 is 64.6 Å². The number of aliphatic hydroxyl groups is 8. The molecular formula is C86H153NO13. The third-order valence-corrected chi connectivity index (χ3v) is 19.8. The minimum atomic E-state index is -1.80. The minimum absolute atomic E-state index is 0.249. The van der Waals surface area contributed by atoms with E-state index in [0.29, 0.717) is 12.8 Å². The molecule has 9 N–H and O–H groups in total. The molecular weight excluding hydrogens is 1250 g/mol. The average Bonchev–Trinajstić information content (AvgIpc) is 0.791. The SMILES string of the molecule is CC/C=C\C/C=C\C/C=C\C/C=C\C/C=C\C/C=C\CCCCCCCCCCCCCCCCC(=O)NC(COC1OC(CO)C(OC2OC(CO)C(O)C(O)C2O)C(O)C1O)C(O)/C=C/CC/C=C/CCCCCCCCCCCCCCCCCCCCCCCCCCCCC. The van der Waals surface area contributed by atoms with Gasteiger partial charge in [0.1, 0.15) is 48.8 Å². The molecule has 2 saturated heterocycles. The normalized spacial score (nSPS) is 22.3. The summed E-state index contributed by atoms with van der Waals surface area (Å²) in [5.41, 5.74) is 0. The second-order valence-electron chi connectivity index (χ2n) is 28.9. The third kappa shape index (κ3) is 51.2. The van der Waals surface area contributed by atoms with Crippen LogP contribution in [0.1, 0.15) is 348 Å². The molecule has 0 bridgehead atoms. The zero-order chi connectivity index (χ0) is 72.2. The summed E-state index contributed by atoms with van der Waals surface area (Å²) in [6, 6.07) is -0.940. The van der Waals surface area contributed by atoms with Gasteiger partial charge in [0.25, 0.3) is 0 Å². The van der Waals surface area contributed by atoms with Gasteiger partial charge in [-0.1, -0.05) is 355 Å². The summed E-state index contributed by atoms with van der Waals surface area (Å²) in [7, 11) is 0. The van der Waals surface area contributed by atoms with Crippen molar-refractivity contribution in [1.82, 2.24) is 5.32 Å². The smallest absolute Gasteiger partial charge is 0.220 e. The molecule has 12 atom stereocenters. The first-order valence-electron chi connectivity index (χ1n) is 41.5. The monoisotopic (exact) mass is 1410 g/mol. The molecule has 2 heterocycles. The summed E-state index contributed by atoms with van der Waals surface area (Å²) in [5.74, 6) is -0.249. The summed E-state index contributed by atoms with van der Waals surface area (Å²) >= 11 is 0. The van der Waals surface area contributed by atoms with Gasteiger partial charge in [-0.25, -0.2) is 0 Å². The van der Waals surface area contributed by atoms with Crippen LogP contribution in [-0.2, 0) is 23.7 Å². The van der Waals surface area contributed by atoms with E-state index in [-0.39, 0.29) is 18.9 Å². The molecule has 0 aromatic carbocycles. The van der Waals surface area contributed by atoms with E-state index in [1.807, 2.05) is 6.08 Å². The van der Waals surface area contributed by atoms with E-state index in [0.717, 1.165) is 70.6 Å². The maximum absolute atomic E-state index is 13.4. The molecule has 14 nitrogen and oxygen atoms in total. The zero-order valence-electron chi connectivity index (χ0n) is 63.7. The summed E-state index contributed by atoms with van der Waals surface area (Å²) in [4.78, 5) is 13.4. The van der Waals surface area contributed by atoms with Gasteiger partial charge in [-0.05, 0) is 83.5 Å². The molecule has 100 heavy (non-hydrogen) atoms. The van der Waals surface area contributed by atoms with Gasteiger partial charge in [0.05, 0.1) is 32.0 Å². The van der Waals surface area contributed by atoms with Gasteiger partial charge in [-0.15, -0.1) is 0 Å². The van der Waals surface area contributed by atoms with Gasteiger partial charge in [0, 0.05) is 6.42 Å². The topological polar surface area (TPSA) is 228 Å². The first-order valence-corrected chi connectivity index (χ1v) is 41.5. The van der Waals surface area contributed by atoms with Crippen molar-refractivity contribution in [3.05, 3.63) is 97.2 Å². The molecule has 12 unspecified atom stereocenters. The van der Waals surface area contributed by atoms with E-state index < -0.39 is 86.8 Å². The number of carbonyl (C=O) groups is 1. The Morgan fingerprint density at radius 3 is 1.10 bits per heavy atom. The Morgan fingerprint density at radius 1 is 0.370 bits per heavy atom. The lowest BCUT2D eigenvalue weighted by Crippen LogP contribution is -2.65. The maximum atomic E-state index is 13.4. The Kier molecular flexibility index (Phi) is 64.1. The van der Waals surface area contributed by atoms with Gasteiger partial charge in [-0.3, -0.25) is 4.79 Å². The van der Waals surface area contributed by atoms with E-state index in [1.54, 1.807) is 6.08 Å². The first-order chi connectivity index (χ1) is 49.1. The molecule has 1 amide bonds. The molecule has 0 radical (unpaired) electrons. The number of amides is 1. The molecule has 0 aromatic heterocycles. The fourth-order valence-corrected chi connectivity index (χ4v) is 13.3. The average molecular weight is 1410 g/mol. The van der Waals surface area contributed by atoms with E-state index in [2.05, 4.69) is 104 Å². The highest BCUT2D eigenvalue weighted by Crippen LogP contribution is 2.30. The Morgan fingerprint density at radius 2 is 0.700 bits per heavy atom. The number of aliphatic hydroxyl groups excluding tert-OH is 8. The summed E-state index contributed by atoms with van der Waals surface area (Å²) in [5, 5.41) is 87.7. The fourth-order valence-electron chi connectivity index (χ4n) is 13.3. The number of allylic oxidation sites excluding steroid dienone is 15. The minimum Gasteiger partial charge on any atom is -0.394 e. The summed E-state index contributed by atoms with van der Waals surface area (Å²) in [6.07, 6.45) is 82.1. The third-order valence-electron chi connectivity index (χ3n) is 19.8. The quantitative estimate of drug-likeness (QED) is 0.0204. The molecule has 0 aromatic rings. The zero-order valence-corrected chi connectivity index (χ0v) is 63.7. The highest BCUT2D eigenvalue weighted by Gasteiger charge is 2.51. The Hall–Kier alpha value is -3.09. The van der Waals surface area contributed by atoms with Crippen molar-refractivity contribution in [1.29, 1.82) is 0 Å². The van der Waals surface area contributed by atoms with Gasteiger partial charge >= 0.3 is 0 Å². The number of hydrogen-bond donors (Lipinski definition) is 9. The summed E-state index contributed by atoms with van der Waals surface area (Å²) < 4.78 is 22.9. The Labute approximate surface area is 611 Å². The van der Waals surface area contributed by atoms with Crippen LogP contribution in [0.15, 0.2) is 97.2 Å². The molecule has 0 spiro atoms. The predicted octanol–water partition coefficient (Wildman–Crippen LogP) is 19.2. The van der Waals surface area contributed by atoms with Crippen molar-refractivity contribution in [3.63, 3.8) is 0 Å². The number of rotatable bonds is 69. The number of nitrogens with one attached hydrogen (secondary N) is 1. The van der Waals surface area contributed by atoms with E-state index in [4.69, 9.17) is 18.9 Å². The second kappa shape index (κ2) is 69.0. The van der Waals surface area contributed by atoms with Crippen molar-refractivity contribution in [2.24, 2.45) is 0 Å². The lowest BCUT2D eigenvalue weighted by atomic mass is 9.97. The second-order valence-corrected chi connectivity index (χ2v) is 28.9. The van der Waals surface area contributed by atoms with E-state index in [9.17, 15) is 45.6 Å². The van der Waals surface area contributed by atoms with Crippen molar-refractivity contribution in [3.8, 4) is 0 Å². The standard InChI is InChI=1S/C86H153NO13/c1-3-5-7-9-11-13-15-17-19-21-23-25-27-29-31-33-35-37-39-41-43-45-47-49-51-53-55-57-59-61-63-65-67-69-75(90)74(73-97-85-83(96)81(94)84(77(72-89)99-85)100-86-82(95)80(93)79(92)76(71-88)98-86)87-78(91)70-68-66-64-62-60-58-56-54-52-50-48-46-44-42-40-38-36-34-32-30-28-26-24-22-20-18-16-14-12-10-8-6-4-2/h6,8,12,14,18,20,24,26,30,32,36,38,59,61,67,69,74-77,79-86,88-90,92-96H,3-5,7,9-11,13,15-17,19,21-23,25,27-29,31,33-35,37,39-58,60,62-66,68,70-73H2,1-2H3,(H,87,91)/b8-6-,14-12-,20-18-,26-24-,32-30-,38-36-,61-59+,69-67+. The lowest BCUT2D eigenvalue weighted by molar-refractivity contribution is -0.359. The van der Waals surface area contributed by atoms with Crippen LogP contribution in [0.3, 0.4) is 0 Å². The van der Waals surface area contributed by atoms with Crippen LogP contribution in [0.2, 0.25) is 0 Å². The van der Waals surface area contributed by atoms with Crippen LogP contribution in [0.4, 0.5) is 0 Å². The highest BCUT2D eigenvalue weighted by molar-refractivity contribution is 5.76. The van der Waals surface area contributed by atoms with Crippen LogP contribution in [-0.4, -0.2) is 140 Å². The van der Waals surface area contributed by atoms with E-state index in [1.165, 1.54) is 244 Å². The molecule has 14 heteroatoms. The molecule has 2 rings (SSSR count). The van der Waals surface area contributed by atoms with E-state index >= 15 is 0 Å². The van der Waals surface area contributed by atoms with Crippen molar-refractivity contribution >= 4 is 5.91 Å². The van der Waals surface area contributed by atoms with Gasteiger partial charge < -0.3 is 65.1 Å². The van der Waals surface area contributed by atoms with Gasteiger partial charge in [-0.2, -0.15) is 0 Å². The molecule has 0 saturated carbocycles. The molecule has 2 fully saturated rings. The lowest BCUT2D eigenvalue weighted by Gasteiger charge is -2.46. The molecule has 2 aliphatic heterocycles. The number of ether oxygens (including phenoxy) is 4. The van der Waals surface area contributed by atoms with Crippen molar-refractivity contribution in [2.45, 2.75) is 421 Å². The number of carbonyl (C=O) groups excluding carboxylic acids is 1. The van der Waals surface area contributed by atoms with Crippen LogP contribution in [0, 0.1) is 0 Å². The van der Waals surface area contributed by atoms with Crippen LogP contribution >= 0.6 is 0 Å². The predicted molar refractivity (Wildman–Crippen MR) is 415 cm³/mol. The largest absolute Gasteiger partial charge is 0.394 e. The Balaban J connectivity index is 1.62. The summed E-state index contributed by atoms with van der Waals surface area (Å²) in [6.45, 7) is 2.71. The Bertz CT molecular complexity index is 2050. The van der Waals surface area contributed by atoms with Crippen LogP contribution in [0.25, 0.3) is 0 Å². The van der Waals surface area contributed by atoms with Crippen molar-refractivity contribution in [2.75, 3.05) is 19.8 Å². The molecule has 2 aliphatic rings. The molecule has 580 valence electrons. The van der Waals surface area contributed by atoms with Crippen LogP contribution < -0.4 is 5.32 Å². The maximum Gasteiger partial charge on any atom is 0.220 e. The molecule has 0 aliphatic carbocycles. The number of hydrogen-bond acceptors (Lipinski definition) is 13. The fraction of sp³-hybridized carbons (Fsp3) is 0.802. The van der Waals surface area contributed by atoms with Gasteiger partial charge in [0.2, 0.25) is 5.91 Å². The number of unbranched alkanes of at least 4 members (excludes halogenated alkanes) is 42.